The maximum atomic E-state index is 13.7. The van der Waals surface area contributed by atoms with Crippen molar-refractivity contribution in [3.63, 3.8) is 0 Å². The van der Waals surface area contributed by atoms with Crippen LogP contribution in [0, 0.1) is 34.9 Å². The van der Waals surface area contributed by atoms with E-state index < -0.39 is 6.04 Å². The predicted molar refractivity (Wildman–Crippen MR) is 106 cm³/mol. The Morgan fingerprint density at radius 2 is 1.86 bits per heavy atom. The number of benzene rings is 2. The molecular weight excluding hydrogens is 367 g/mol. The second-order valence-corrected chi connectivity index (χ2v) is 7.57. The quantitative estimate of drug-likeness (QED) is 0.822. The van der Waals surface area contributed by atoms with E-state index in [0.717, 1.165) is 30.4 Å². The monoisotopic (exact) mass is 388 g/mol. The van der Waals surface area contributed by atoms with Crippen molar-refractivity contribution in [3.05, 3.63) is 71.0 Å². The second-order valence-electron chi connectivity index (χ2n) is 7.57. The molecular formula is C24H21FN2O2. The number of hydrogen-bond acceptors (Lipinski definition) is 3. The first-order chi connectivity index (χ1) is 14.1. The number of hydrogen-bond donors (Lipinski definition) is 1. The molecule has 2 aliphatic rings. The zero-order valence-corrected chi connectivity index (χ0v) is 15.9. The Kier molecular flexibility index (Phi) is 5.34. The summed E-state index contributed by atoms with van der Waals surface area (Å²) in [6.45, 7) is -0.170. The molecule has 1 N–H and O–H groups in total. The van der Waals surface area contributed by atoms with E-state index in [-0.39, 0.29) is 36.2 Å². The van der Waals surface area contributed by atoms with Crippen LogP contribution in [0.4, 0.5) is 4.39 Å². The first-order valence-electron chi connectivity index (χ1n) is 9.83. The van der Waals surface area contributed by atoms with Crippen LogP contribution in [0.15, 0.2) is 48.5 Å². The minimum atomic E-state index is -0.560. The second kappa shape index (κ2) is 8.07. The fourth-order valence-corrected chi connectivity index (χ4v) is 4.07. The SMILES string of the molecule is N#C[C@H]1[C@H](c2ccc(C#Cc3ccccc3F)cc2)[C@H](CO)N1C(=O)C1CCC1. The molecule has 29 heavy (non-hydrogen) atoms. The minimum Gasteiger partial charge on any atom is -0.394 e. The zero-order valence-electron chi connectivity index (χ0n) is 15.9. The first kappa shape index (κ1) is 19.2. The number of halogens is 1. The Labute approximate surface area is 169 Å². The van der Waals surface area contributed by atoms with E-state index in [1.807, 2.05) is 24.3 Å². The summed E-state index contributed by atoms with van der Waals surface area (Å²) >= 11 is 0. The lowest BCUT2D eigenvalue weighted by molar-refractivity contribution is -0.154. The molecule has 146 valence electrons. The molecule has 1 heterocycles. The highest BCUT2D eigenvalue weighted by molar-refractivity contribution is 5.82. The van der Waals surface area contributed by atoms with Crippen molar-refractivity contribution in [1.29, 1.82) is 5.26 Å². The number of carbonyl (C=O) groups excluding carboxylic acids is 1. The summed E-state index contributed by atoms with van der Waals surface area (Å²) in [6.07, 6.45) is 2.78. The molecule has 0 bridgehead atoms. The van der Waals surface area contributed by atoms with E-state index in [9.17, 15) is 19.6 Å². The molecule has 1 amide bonds. The summed E-state index contributed by atoms with van der Waals surface area (Å²) in [5.74, 6) is 5.18. The van der Waals surface area contributed by atoms with Gasteiger partial charge in [0.1, 0.15) is 11.9 Å². The fraction of sp³-hybridized carbons (Fsp3) is 0.333. The number of aliphatic hydroxyl groups is 1. The summed E-state index contributed by atoms with van der Waals surface area (Å²) < 4.78 is 13.7. The van der Waals surface area contributed by atoms with Gasteiger partial charge in [0.05, 0.1) is 24.3 Å². The number of rotatable bonds is 3. The van der Waals surface area contributed by atoms with Crippen LogP contribution in [0.2, 0.25) is 0 Å². The third-order valence-electron chi connectivity index (χ3n) is 5.95. The summed E-state index contributed by atoms with van der Waals surface area (Å²) in [5, 5.41) is 19.5. The molecule has 2 fully saturated rings. The van der Waals surface area contributed by atoms with Gasteiger partial charge < -0.3 is 10.0 Å². The van der Waals surface area contributed by atoms with Gasteiger partial charge in [-0.05, 0) is 42.7 Å². The van der Waals surface area contributed by atoms with Gasteiger partial charge in [-0.15, -0.1) is 0 Å². The molecule has 0 aromatic heterocycles. The van der Waals surface area contributed by atoms with Crippen LogP contribution in [0.25, 0.3) is 0 Å². The third-order valence-corrected chi connectivity index (χ3v) is 5.95. The predicted octanol–water partition coefficient (Wildman–Crippen LogP) is 3.20. The topological polar surface area (TPSA) is 64.3 Å². The summed E-state index contributed by atoms with van der Waals surface area (Å²) in [6, 6.07) is 15.0. The van der Waals surface area contributed by atoms with Crippen LogP contribution in [-0.2, 0) is 4.79 Å². The van der Waals surface area contributed by atoms with Gasteiger partial charge in [0.2, 0.25) is 5.91 Å². The highest BCUT2D eigenvalue weighted by Crippen LogP contribution is 2.43. The van der Waals surface area contributed by atoms with Crippen molar-refractivity contribution < 1.29 is 14.3 Å². The molecule has 1 aliphatic carbocycles. The van der Waals surface area contributed by atoms with Crippen molar-refractivity contribution in [2.24, 2.45) is 5.92 Å². The van der Waals surface area contributed by atoms with Gasteiger partial charge in [-0.3, -0.25) is 4.79 Å². The standard InChI is InChI=1S/C24H21FN2O2/c25-20-7-2-1-4-17(20)11-8-16-9-12-18(13-10-16)23-21(14-26)27(22(23)15-28)24(29)19-5-3-6-19/h1-2,4,7,9-10,12-13,19,21-23,28H,3,5-6,15H2/t21-,22-,23-/m0/s1. The zero-order chi connectivity index (χ0) is 20.4. The van der Waals surface area contributed by atoms with Gasteiger partial charge in [-0.25, -0.2) is 4.39 Å². The summed E-state index contributed by atoms with van der Waals surface area (Å²) in [5.41, 5.74) is 1.96. The summed E-state index contributed by atoms with van der Waals surface area (Å²) in [7, 11) is 0. The molecule has 1 saturated heterocycles. The lowest BCUT2D eigenvalue weighted by Crippen LogP contribution is -2.66. The number of carbonyl (C=O) groups is 1. The molecule has 1 aliphatic heterocycles. The van der Waals surface area contributed by atoms with Gasteiger partial charge in [-0.1, -0.05) is 42.5 Å². The van der Waals surface area contributed by atoms with Crippen LogP contribution in [0.3, 0.4) is 0 Å². The highest BCUT2D eigenvalue weighted by atomic mass is 19.1. The lowest BCUT2D eigenvalue weighted by atomic mass is 9.73. The summed E-state index contributed by atoms with van der Waals surface area (Å²) in [4.78, 5) is 14.2. The van der Waals surface area contributed by atoms with Crippen LogP contribution in [0.5, 0.6) is 0 Å². The molecule has 0 unspecified atom stereocenters. The van der Waals surface area contributed by atoms with Crippen LogP contribution >= 0.6 is 0 Å². The normalized spacial score (nSPS) is 23.2. The van der Waals surface area contributed by atoms with Gasteiger partial charge in [0, 0.05) is 17.4 Å². The van der Waals surface area contributed by atoms with Crippen molar-refractivity contribution in [1.82, 2.24) is 4.90 Å². The van der Waals surface area contributed by atoms with Crippen molar-refractivity contribution in [2.75, 3.05) is 6.61 Å². The van der Waals surface area contributed by atoms with Gasteiger partial charge in [-0.2, -0.15) is 5.26 Å². The van der Waals surface area contributed by atoms with Crippen LogP contribution in [-0.4, -0.2) is 34.6 Å². The van der Waals surface area contributed by atoms with E-state index in [2.05, 4.69) is 17.9 Å². The highest BCUT2D eigenvalue weighted by Gasteiger charge is 2.53. The Morgan fingerprint density at radius 1 is 1.14 bits per heavy atom. The van der Waals surface area contributed by atoms with Crippen molar-refractivity contribution in [3.8, 4) is 17.9 Å². The van der Waals surface area contributed by atoms with E-state index in [1.165, 1.54) is 6.07 Å². The average Bonchev–Trinajstić information content (AvgIpc) is 2.67. The smallest absolute Gasteiger partial charge is 0.227 e. The number of amides is 1. The Balaban J connectivity index is 1.52. The van der Waals surface area contributed by atoms with Gasteiger partial charge in [0.15, 0.2) is 0 Å². The average molecular weight is 388 g/mol. The minimum absolute atomic E-state index is 0.00289. The molecule has 5 heteroatoms. The molecule has 2 aromatic carbocycles. The number of nitrogens with zero attached hydrogens (tertiary/aromatic N) is 2. The number of nitriles is 1. The molecule has 1 saturated carbocycles. The van der Waals surface area contributed by atoms with Crippen LogP contribution < -0.4 is 0 Å². The van der Waals surface area contributed by atoms with E-state index in [1.54, 1.807) is 23.1 Å². The number of likely N-dealkylation sites (tertiary alicyclic amines) is 1. The van der Waals surface area contributed by atoms with E-state index in [4.69, 9.17) is 0 Å². The van der Waals surface area contributed by atoms with Gasteiger partial charge >= 0.3 is 0 Å². The first-order valence-corrected chi connectivity index (χ1v) is 9.83. The van der Waals surface area contributed by atoms with E-state index in [0.29, 0.717) is 5.56 Å². The Bertz CT molecular complexity index is 1010. The Hall–Kier alpha value is -3.15. The largest absolute Gasteiger partial charge is 0.394 e. The van der Waals surface area contributed by atoms with Crippen molar-refractivity contribution >= 4 is 5.91 Å². The van der Waals surface area contributed by atoms with Crippen molar-refractivity contribution in [2.45, 2.75) is 37.3 Å². The number of aliphatic hydroxyl groups excluding tert-OH is 1. The Morgan fingerprint density at radius 3 is 2.45 bits per heavy atom. The van der Waals surface area contributed by atoms with Gasteiger partial charge in [0.25, 0.3) is 0 Å². The van der Waals surface area contributed by atoms with Crippen LogP contribution in [0.1, 0.15) is 41.9 Å². The lowest BCUT2D eigenvalue weighted by Gasteiger charge is -2.53. The molecule has 4 rings (SSSR count). The molecule has 3 atom stereocenters. The molecule has 2 aromatic rings. The fourth-order valence-electron chi connectivity index (χ4n) is 4.07. The maximum absolute atomic E-state index is 13.7. The molecule has 4 nitrogen and oxygen atoms in total. The molecule has 0 radical (unpaired) electrons. The molecule has 0 spiro atoms. The van der Waals surface area contributed by atoms with E-state index >= 15 is 0 Å². The third kappa shape index (κ3) is 3.50. The maximum Gasteiger partial charge on any atom is 0.227 e.